The van der Waals surface area contributed by atoms with Gasteiger partial charge in [-0.05, 0) is 36.6 Å². The molecule has 1 aromatic carbocycles. The standard InChI is InChI=1S/C15H23ClFNO/c1-15(2,3)14(19-5)13(18-4)8-10-6-7-11(16)9-12(10)17/h6-7,9,13-14,18H,8H2,1-5H3. The van der Waals surface area contributed by atoms with Gasteiger partial charge < -0.3 is 10.1 Å². The van der Waals surface area contributed by atoms with Gasteiger partial charge in [0.15, 0.2) is 0 Å². The second-order valence-corrected chi connectivity index (χ2v) is 6.29. The molecule has 19 heavy (non-hydrogen) atoms. The maximum Gasteiger partial charge on any atom is 0.127 e. The highest BCUT2D eigenvalue weighted by Gasteiger charge is 2.32. The van der Waals surface area contributed by atoms with E-state index in [0.717, 1.165) is 0 Å². The fourth-order valence-electron chi connectivity index (χ4n) is 2.41. The molecule has 0 heterocycles. The molecular formula is C15H23ClFNO. The summed E-state index contributed by atoms with van der Waals surface area (Å²) >= 11 is 5.77. The van der Waals surface area contributed by atoms with Gasteiger partial charge in [-0.25, -0.2) is 4.39 Å². The number of hydrogen-bond donors (Lipinski definition) is 1. The Hall–Kier alpha value is -0.640. The SMILES string of the molecule is CNC(Cc1ccc(Cl)cc1F)C(OC)C(C)(C)C. The summed E-state index contributed by atoms with van der Waals surface area (Å²) in [5, 5.41) is 3.64. The number of nitrogens with one attached hydrogen (secondary N) is 1. The summed E-state index contributed by atoms with van der Waals surface area (Å²) in [5.41, 5.74) is 0.626. The first-order valence-electron chi connectivity index (χ1n) is 6.43. The van der Waals surface area contributed by atoms with Crippen LogP contribution in [0.15, 0.2) is 18.2 Å². The Balaban J connectivity index is 2.92. The summed E-state index contributed by atoms with van der Waals surface area (Å²) in [6, 6.07) is 4.84. The van der Waals surface area contributed by atoms with Gasteiger partial charge in [-0.2, -0.15) is 0 Å². The van der Waals surface area contributed by atoms with Crippen molar-refractivity contribution in [2.75, 3.05) is 14.2 Å². The molecule has 1 rings (SSSR count). The molecule has 0 amide bonds. The molecule has 0 aliphatic rings. The van der Waals surface area contributed by atoms with Crippen LogP contribution in [-0.2, 0) is 11.2 Å². The van der Waals surface area contributed by atoms with E-state index in [1.54, 1.807) is 19.2 Å². The molecule has 2 atom stereocenters. The molecule has 0 spiro atoms. The molecule has 0 aliphatic carbocycles. The molecule has 0 aliphatic heterocycles. The first-order valence-corrected chi connectivity index (χ1v) is 6.81. The van der Waals surface area contributed by atoms with Crippen LogP contribution in [0.5, 0.6) is 0 Å². The van der Waals surface area contributed by atoms with E-state index in [-0.39, 0.29) is 23.4 Å². The lowest BCUT2D eigenvalue weighted by Gasteiger charge is -2.36. The summed E-state index contributed by atoms with van der Waals surface area (Å²) in [4.78, 5) is 0. The van der Waals surface area contributed by atoms with Gasteiger partial charge in [0.05, 0.1) is 6.10 Å². The second kappa shape index (κ2) is 6.69. The number of benzene rings is 1. The molecule has 0 saturated carbocycles. The molecule has 0 saturated heterocycles. The number of rotatable bonds is 5. The summed E-state index contributed by atoms with van der Waals surface area (Å²) in [6.45, 7) is 6.34. The second-order valence-electron chi connectivity index (χ2n) is 5.86. The van der Waals surface area contributed by atoms with Crippen LogP contribution in [0.3, 0.4) is 0 Å². The van der Waals surface area contributed by atoms with Crippen molar-refractivity contribution in [3.63, 3.8) is 0 Å². The molecule has 1 N–H and O–H groups in total. The van der Waals surface area contributed by atoms with Crippen LogP contribution in [0, 0.1) is 11.2 Å². The molecule has 4 heteroatoms. The van der Waals surface area contributed by atoms with Crippen molar-refractivity contribution in [1.82, 2.24) is 5.32 Å². The highest BCUT2D eigenvalue weighted by molar-refractivity contribution is 6.30. The number of ether oxygens (including phenoxy) is 1. The monoisotopic (exact) mass is 287 g/mol. The maximum absolute atomic E-state index is 13.9. The predicted octanol–water partition coefficient (Wildman–Crippen LogP) is 3.67. The summed E-state index contributed by atoms with van der Waals surface area (Å²) < 4.78 is 19.5. The Kier molecular flexibility index (Phi) is 5.78. The largest absolute Gasteiger partial charge is 0.379 e. The molecule has 0 fully saturated rings. The van der Waals surface area contributed by atoms with Crippen molar-refractivity contribution in [2.24, 2.45) is 5.41 Å². The quantitative estimate of drug-likeness (QED) is 0.892. The molecule has 0 radical (unpaired) electrons. The Morgan fingerprint density at radius 2 is 2.00 bits per heavy atom. The minimum atomic E-state index is -0.267. The van der Waals surface area contributed by atoms with E-state index in [1.807, 2.05) is 7.05 Å². The van der Waals surface area contributed by atoms with E-state index in [9.17, 15) is 4.39 Å². The third-order valence-electron chi connectivity index (χ3n) is 3.30. The Labute approximate surface area is 120 Å². The summed E-state index contributed by atoms with van der Waals surface area (Å²) in [6.07, 6.45) is 0.558. The predicted molar refractivity (Wildman–Crippen MR) is 78.2 cm³/mol. The molecule has 1 aromatic rings. The Morgan fingerprint density at radius 1 is 1.37 bits per heavy atom. The zero-order valence-electron chi connectivity index (χ0n) is 12.3. The van der Waals surface area contributed by atoms with Gasteiger partial charge in [0.25, 0.3) is 0 Å². The molecular weight excluding hydrogens is 265 g/mol. The van der Waals surface area contributed by atoms with E-state index in [2.05, 4.69) is 26.1 Å². The lowest BCUT2D eigenvalue weighted by Crippen LogP contribution is -2.47. The van der Waals surface area contributed by atoms with Crippen LogP contribution >= 0.6 is 11.6 Å². The third-order valence-corrected chi connectivity index (χ3v) is 3.53. The molecule has 0 aromatic heterocycles. The van der Waals surface area contributed by atoms with Gasteiger partial charge in [-0.3, -0.25) is 0 Å². The minimum absolute atomic E-state index is 0.00687. The summed E-state index contributed by atoms with van der Waals surface area (Å²) in [5.74, 6) is -0.267. The van der Waals surface area contributed by atoms with Crippen molar-refractivity contribution in [2.45, 2.75) is 39.3 Å². The number of halogens is 2. The highest BCUT2D eigenvalue weighted by Crippen LogP contribution is 2.27. The smallest absolute Gasteiger partial charge is 0.127 e. The lowest BCUT2D eigenvalue weighted by atomic mass is 9.82. The van der Waals surface area contributed by atoms with Crippen molar-refractivity contribution >= 4 is 11.6 Å². The zero-order valence-corrected chi connectivity index (χ0v) is 13.0. The van der Waals surface area contributed by atoms with E-state index < -0.39 is 0 Å². The molecule has 108 valence electrons. The fraction of sp³-hybridized carbons (Fsp3) is 0.600. The minimum Gasteiger partial charge on any atom is -0.379 e. The van der Waals surface area contributed by atoms with Crippen molar-refractivity contribution in [3.8, 4) is 0 Å². The van der Waals surface area contributed by atoms with Gasteiger partial charge in [0, 0.05) is 18.2 Å². The summed E-state index contributed by atoms with van der Waals surface area (Å²) in [7, 11) is 3.56. The molecule has 2 nitrogen and oxygen atoms in total. The van der Waals surface area contributed by atoms with Gasteiger partial charge in [0.1, 0.15) is 5.82 Å². The van der Waals surface area contributed by atoms with Crippen molar-refractivity contribution in [3.05, 3.63) is 34.6 Å². The van der Waals surface area contributed by atoms with Crippen LogP contribution in [-0.4, -0.2) is 26.3 Å². The van der Waals surface area contributed by atoms with Gasteiger partial charge in [0.2, 0.25) is 0 Å². The lowest BCUT2D eigenvalue weighted by molar-refractivity contribution is -0.00937. The first-order chi connectivity index (χ1) is 8.79. The Bertz CT molecular complexity index is 417. The van der Waals surface area contributed by atoms with Crippen LogP contribution in [0.2, 0.25) is 5.02 Å². The third kappa shape index (κ3) is 4.44. The van der Waals surface area contributed by atoms with Gasteiger partial charge >= 0.3 is 0 Å². The van der Waals surface area contributed by atoms with E-state index in [1.165, 1.54) is 6.07 Å². The molecule has 0 bridgehead atoms. The average molecular weight is 288 g/mol. The van der Waals surface area contributed by atoms with Crippen LogP contribution in [0.1, 0.15) is 26.3 Å². The maximum atomic E-state index is 13.9. The molecule has 2 unspecified atom stereocenters. The van der Waals surface area contributed by atoms with Crippen molar-refractivity contribution < 1.29 is 9.13 Å². The Morgan fingerprint density at radius 3 is 2.42 bits per heavy atom. The highest BCUT2D eigenvalue weighted by atomic mass is 35.5. The number of likely N-dealkylation sites (N-methyl/N-ethyl adjacent to an activating group) is 1. The topological polar surface area (TPSA) is 21.3 Å². The van der Waals surface area contributed by atoms with Crippen LogP contribution in [0.25, 0.3) is 0 Å². The number of methoxy groups -OCH3 is 1. The van der Waals surface area contributed by atoms with Gasteiger partial charge in [-0.15, -0.1) is 0 Å². The first kappa shape index (κ1) is 16.4. The zero-order chi connectivity index (χ0) is 14.6. The van der Waals surface area contributed by atoms with Crippen molar-refractivity contribution in [1.29, 1.82) is 0 Å². The van der Waals surface area contributed by atoms with Gasteiger partial charge in [-0.1, -0.05) is 38.4 Å². The fourth-order valence-corrected chi connectivity index (χ4v) is 2.56. The van der Waals surface area contributed by atoms with Crippen LogP contribution < -0.4 is 5.32 Å². The van der Waals surface area contributed by atoms with E-state index in [4.69, 9.17) is 16.3 Å². The van der Waals surface area contributed by atoms with E-state index >= 15 is 0 Å². The number of hydrogen-bond acceptors (Lipinski definition) is 2. The van der Waals surface area contributed by atoms with E-state index in [0.29, 0.717) is 17.0 Å². The average Bonchev–Trinajstić information content (AvgIpc) is 2.30. The normalized spacial score (nSPS) is 15.3. The van der Waals surface area contributed by atoms with Crippen LogP contribution in [0.4, 0.5) is 4.39 Å².